The molecule has 108 valence electrons. The largest absolute Gasteiger partial charge is 0.327 e. The molecule has 0 aliphatic carbocycles. The Kier molecular flexibility index (Phi) is 4.15. The average molecular weight is 328 g/mol. The SMILES string of the molecule is N#Cc1cccc(Cn2ccnc2-c2ccc(Cl)c(Cl)c2)c1. The van der Waals surface area contributed by atoms with Gasteiger partial charge in [-0.3, -0.25) is 0 Å². The lowest BCUT2D eigenvalue weighted by molar-refractivity contribution is 0.807. The molecule has 0 aliphatic heterocycles. The van der Waals surface area contributed by atoms with E-state index in [1.165, 1.54) is 0 Å². The van der Waals surface area contributed by atoms with Gasteiger partial charge in [-0.2, -0.15) is 5.26 Å². The van der Waals surface area contributed by atoms with Crippen LogP contribution < -0.4 is 0 Å². The van der Waals surface area contributed by atoms with Crippen LogP contribution in [0.3, 0.4) is 0 Å². The van der Waals surface area contributed by atoms with E-state index in [0.29, 0.717) is 22.2 Å². The predicted octanol–water partition coefficient (Wildman–Crippen LogP) is 4.78. The van der Waals surface area contributed by atoms with Crippen LogP contribution in [0.5, 0.6) is 0 Å². The van der Waals surface area contributed by atoms with Gasteiger partial charge in [0.05, 0.1) is 21.7 Å². The van der Waals surface area contributed by atoms with E-state index in [0.717, 1.165) is 17.0 Å². The maximum atomic E-state index is 8.98. The van der Waals surface area contributed by atoms with Gasteiger partial charge in [0.2, 0.25) is 0 Å². The minimum absolute atomic E-state index is 0.500. The highest BCUT2D eigenvalue weighted by molar-refractivity contribution is 6.42. The van der Waals surface area contributed by atoms with Crippen LogP contribution in [0, 0.1) is 11.3 Å². The first-order chi connectivity index (χ1) is 10.7. The van der Waals surface area contributed by atoms with E-state index >= 15 is 0 Å². The molecule has 0 radical (unpaired) electrons. The summed E-state index contributed by atoms with van der Waals surface area (Å²) in [5.41, 5.74) is 2.59. The minimum Gasteiger partial charge on any atom is -0.327 e. The van der Waals surface area contributed by atoms with Crippen molar-refractivity contribution in [2.24, 2.45) is 0 Å². The molecule has 0 bridgehead atoms. The first-order valence-electron chi connectivity index (χ1n) is 6.63. The first kappa shape index (κ1) is 14.6. The normalized spacial score (nSPS) is 10.4. The number of imidazole rings is 1. The molecule has 5 heteroatoms. The molecule has 3 aromatic rings. The highest BCUT2D eigenvalue weighted by Crippen LogP contribution is 2.28. The topological polar surface area (TPSA) is 41.6 Å². The van der Waals surface area contributed by atoms with Gasteiger partial charge in [-0.15, -0.1) is 0 Å². The van der Waals surface area contributed by atoms with Crippen molar-refractivity contribution < 1.29 is 0 Å². The Bertz CT molecular complexity index is 862. The van der Waals surface area contributed by atoms with Gasteiger partial charge in [-0.25, -0.2) is 4.98 Å². The summed E-state index contributed by atoms with van der Waals surface area (Å²) in [5.74, 6) is 0.806. The molecular weight excluding hydrogens is 317 g/mol. The minimum atomic E-state index is 0.500. The van der Waals surface area contributed by atoms with E-state index in [1.54, 1.807) is 24.4 Å². The summed E-state index contributed by atoms with van der Waals surface area (Å²) < 4.78 is 2.01. The Morgan fingerprint density at radius 3 is 2.73 bits per heavy atom. The van der Waals surface area contributed by atoms with Crippen molar-refractivity contribution in [2.75, 3.05) is 0 Å². The van der Waals surface area contributed by atoms with Crippen LogP contribution in [-0.2, 0) is 6.54 Å². The van der Waals surface area contributed by atoms with E-state index in [1.807, 2.05) is 35.0 Å². The molecular formula is C17H11Cl2N3. The van der Waals surface area contributed by atoms with Crippen molar-refractivity contribution in [3.05, 3.63) is 76.0 Å². The van der Waals surface area contributed by atoms with Crippen LogP contribution in [0.15, 0.2) is 54.9 Å². The Labute approximate surface area is 138 Å². The van der Waals surface area contributed by atoms with Gasteiger partial charge in [-0.1, -0.05) is 35.3 Å². The maximum Gasteiger partial charge on any atom is 0.140 e. The molecule has 0 aliphatic rings. The lowest BCUT2D eigenvalue weighted by Gasteiger charge is -2.09. The molecule has 2 aromatic carbocycles. The van der Waals surface area contributed by atoms with Crippen molar-refractivity contribution in [3.63, 3.8) is 0 Å². The molecule has 0 N–H and O–H groups in total. The smallest absolute Gasteiger partial charge is 0.140 e. The Balaban J connectivity index is 1.95. The third-order valence-electron chi connectivity index (χ3n) is 3.30. The molecule has 0 fully saturated rings. The predicted molar refractivity (Wildman–Crippen MR) is 87.9 cm³/mol. The lowest BCUT2D eigenvalue weighted by atomic mass is 10.1. The number of aromatic nitrogens is 2. The molecule has 1 heterocycles. The molecule has 22 heavy (non-hydrogen) atoms. The summed E-state index contributed by atoms with van der Waals surface area (Å²) in [6, 6.07) is 15.1. The summed E-state index contributed by atoms with van der Waals surface area (Å²) in [4.78, 5) is 4.39. The number of benzene rings is 2. The van der Waals surface area contributed by atoms with Crippen LogP contribution in [0.2, 0.25) is 10.0 Å². The van der Waals surface area contributed by atoms with Crippen LogP contribution in [0.4, 0.5) is 0 Å². The highest BCUT2D eigenvalue weighted by atomic mass is 35.5. The molecule has 0 atom stereocenters. The third-order valence-corrected chi connectivity index (χ3v) is 4.04. The monoisotopic (exact) mass is 327 g/mol. The summed E-state index contributed by atoms with van der Waals surface area (Å²) in [5, 5.41) is 10.00. The van der Waals surface area contributed by atoms with E-state index in [-0.39, 0.29) is 0 Å². The van der Waals surface area contributed by atoms with Crippen molar-refractivity contribution in [2.45, 2.75) is 6.54 Å². The summed E-state index contributed by atoms with van der Waals surface area (Å²) >= 11 is 12.0. The number of nitrogens with zero attached hydrogens (tertiary/aromatic N) is 3. The summed E-state index contributed by atoms with van der Waals surface area (Å²) in [6.45, 7) is 0.630. The van der Waals surface area contributed by atoms with E-state index in [2.05, 4.69) is 11.1 Å². The lowest BCUT2D eigenvalue weighted by Crippen LogP contribution is -2.01. The second kappa shape index (κ2) is 6.23. The number of rotatable bonds is 3. The van der Waals surface area contributed by atoms with Crippen molar-refractivity contribution in [3.8, 4) is 17.5 Å². The second-order valence-corrected chi connectivity index (χ2v) is 5.63. The Morgan fingerprint density at radius 1 is 1.09 bits per heavy atom. The molecule has 3 nitrogen and oxygen atoms in total. The number of hydrogen-bond acceptors (Lipinski definition) is 2. The van der Waals surface area contributed by atoms with Gasteiger partial charge < -0.3 is 4.57 Å². The average Bonchev–Trinajstić information content (AvgIpc) is 2.98. The third kappa shape index (κ3) is 2.99. The molecule has 0 saturated carbocycles. The fourth-order valence-electron chi connectivity index (χ4n) is 2.27. The molecule has 0 amide bonds. The van der Waals surface area contributed by atoms with E-state index in [9.17, 15) is 0 Å². The van der Waals surface area contributed by atoms with Crippen LogP contribution in [0.25, 0.3) is 11.4 Å². The number of nitriles is 1. The number of halogens is 2. The van der Waals surface area contributed by atoms with Gasteiger partial charge in [0.25, 0.3) is 0 Å². The maximum absolute atomic E-state index is 8.98. The fraction of sp³-hybridized carbons (Fsp3) is 0.0588. The van der Waals surface area contributed by atoms with Crippen LogP contribution >= 0.6 is 23.2 Å². The summed E-state index contributed by atoms with van der Waals surface area (Å²) in [7, 11) is 0. The van der Waals surface area contributed by atoms with Gasteiger partial charge in [0.1, 0.15) is 5.82 Å². The zero-order chi connectivity index (χ0) is 15.5. The van der Waals surface area contributed by atoms with E-state index in [4.69, 9.17) is 28.5 Å². The molecule has 0 unspecified atom stereocenters. The molecule has 0 spiro atoms. The van der Waals surface area contributed by atoms with E-state index < -0.39 is 0 Å². The Hall–Kier alpha value is -2.28. The standard InChI is InChI=1S/C17H11Cl2N3/c18-15-5-4-14(9-16(15)19)17-21-6-7-22(17)11-13-3-1-2-12(8-13)10-20/h1-9H,11H2. The van der Waals surface area contributed by atoms with Crippen molar-refractivity contribution in [1.29, 1.82) is 5.26 Å². The zero-order valence-electron chi connectivity index (χ0n) is 11.5. The quantitative estimate of drug-likeness (QED) is 0.694. The summed E-state index contributed by atoms with van der Waals surface area (Å²) in [6.07, 6.45) is 3.64. The van der Waals surface area contributed by atoms with Crippen LogP contribution in [-0.4, -0.2) is 9.55 Å². The van der Waals surface area contributed by atoms with Crippen LogP contribution in [0.1, 0.15) is 11.1 Å². The van der Waals surface area contributed by atoms with Crippen molar-refractivity contribution >= 4 is 23.2 Å². The van der Waals surface area contributed by atoms with Gasteiger partial charge in [-0.05, 0) is 35.9 Å². The molecule has 0 saturated heterocycles. The van der Waals surface area contributed by atoms with Crippen molar-refractivity contribution in [1.82, 2.24) is 9.55 Å². The zero-order valence-corrected chi connectivity index (χ0v) is 13.0. The Morgan fingerprint density at radius 2 is 1.95 bits per heavy atom. The highest BCUT2D eigenvalue weighted by Gasteiger charge is 2.09. The van der Waals surface area contributed by atoms with Gasteiger partial charge in [0.15, 0.2) is 0 Å². The molecule has 1 aromatic heterocycles. The molecule has 3 rings (SSSR count). The second-order valence-electron chi connectivity index (χ2n) is 4.82. The fourth-order valence-corrected chi connectivity index (χ4v) is 2.57. The first-order valence-corrected chi connectivity index (χ1v) is 7.38. The van der Waals surface area contributed by atoms with Gasteiger partial charge >= 0.3 is 0 Å². The number of hydrogen-bond donors (Lipinski definition) is 0. The van der Waals surface area contributed by atoms with Gasteiger partial charge in [0, 0.05) is 24.5 Å².